The lowest BCUT2D eigenvalue weighted by atomic mass is 9.99. The van der Waals surface area contributed by atoms with E-state index in [0.717, 1.165) is 13.2 Å². The molecule has 0 aliphatic heterocycles. The van der Waals surface area contributed by atoms with Crippen LogP contribution in [0.5, 0.6) is 0 Å². The minimum atomic E-state index is 0.115. The molecule has 17 heavy (non-hydrogen) atoms. The van der Waals surface area contributed by atoms with Crippen molar-refractivity contribution in [3.8, 4) is 0 Å². The van der Waals surface area contributed by atoms with Crippen molar-refractivity contribution in [2.24, 2.45) is 5.41 Å². The number of ether oxygens (including phenoxy) is 1. The number of nitrogens with one attached hydrogen (secondary N) is 2. The molecular weight excluding hydrogens is 216 g/mol. The zero-order valence-corrected chi connectivity index (χ0v) is 11.5. The van der Waals surface area contributed by atoms with Gasteiger partial charge in [-0.05, 0) is 32.1 Å². The maximum Gasteiger partial charge on any atom is 0.221 e. The highest BCUT2D eigenvalue weighted by molar-refractivity contribution is 5.76. The van der Waals surface area contributed by atoms with Crippen molar-refractivity contribution in [2.45, 2.75) is 52.1 Å². The van der Waals surface area contributed by atoms with Crippen LogP contribution in [0.2, 0.25) is 0 Å². The zero-order valence-electron chi connectivity index (χ0n) is 11.5. The summed E-state index contributed by atoms with van der Waals surface area (Å²) in [5, 5.41) is 6.33. The van der Waals surface area contributed by atoms with Crippen LogP contribution in [0.4, 0.5) is 0 Å². The molecule has 4 heteroatoms. The average molecular weight is 242 g/mol. The van der Waals surface area contributed by atoms with Crippen molar-refractivity contribution in [1.29, 1.82) is 0 Å². The van der Waals surface area contributed by atoms with Crippen LogP contribution in [0.15, 0.2) is 0 Å². The monoisotopic (exact) mass is 242 g/mol. The highest BCUT2D eigenvalue weighted by Gasteiger charge is 2.44. The molecule has 1 amide bonds. The lowest BCUT2D eigenvalue weighted by Crippen LogP contribution is -2.42. The van der Waals surface area contributed by atoms with Gasteiger partial charge in [-0.15, -0.1) is 0 Å². The van der Waals surface area contributed by atoms with E-state index in [4.69, 9.17) is 4.74 Å². The standard InChI is InChI=1S/C13H26N2O2/c1-10(2)15-12(16)5-8-14-11(9-17-4)13(3)6-7-13/h10-11,14H,5-9H2,1-4H3,(H,15,16). The zero-order chi connectivity index (χ0) is 12.9. The predicted molar refractivity (Wildman–Crippen MR) is 68.9 cm³/mol. The Morgan fingerprint density at radius 3 is 2.53 bits per heavy atom. The van der Waals surface area contributed by atoms with Crippen molar-refractivity contribution in [2.75, 3.05) is 20.3 Å². The van der Waals surface area contributed by atoms with Crippen LogP contribution < -0.4 is 10.6 Å². The molecule has 1 rings (SSSR count). The van der Waals surface area contributed by atoms with Gasteiger partial charge in [0.05, 0.1) is 6.61 Å². The molecule has 2 N–H and O–H groups in total. The van der Waals surface area contributed by atoms with Crippen molar-refractivity contribution in [1.82, 2.24) is 10.6 Å². The van der Waals surface area contributed by atoms with Gasteiger partial charge in [-0.25, -0.2) is 0 Å². The van der Waals surface area contributed by atoms with E-state index in [-0.39, 0.29) is 11.9 Å². The van der Waals surface area contributed by atoms with E-state index in [1.165, 1.54) is 12.8 Å². The quantitative estimate of drug-likeness (QED) is 0.674. The molecule has 0 heterocycles. The van der Waals surface area contributed by atoms with Gasteiger partial charge >= 0.3 is 0 Å². The second kappa shape index (κ2) is 6.36. The van der Waals surface area contributed by atoms with Crippen molar-refractivity contribution in [3.05, 3.63) is 0 Å². The first-order valence-corrected chi connectivity index (χ1v) is 6.49. The van der Waals surface area contributed by atoms with E-state index in [9.17, 15) is 4.79 Å². The van der Waals surface area contributed by atoms with Gasteiger partial charge in [0, 0.05) is 32.2 Å². The molecule has 1 unspecified atom stereocenters. The summed E-state index contributed by atoms with van der Waals surface area (Å²) in [4.78, 5) is 11.5. The summed E-state index contributed by atoms with van der Waals surface area (Å²) < 4.78 is 5.23. The van der Waals surface area contributed by atoms with E-state index in [2.05, 4.69) is 17.6 Å². The Kier molecular flexibility index (Phi) is 5.40. The molecule has 0 aromatic carbocycles. The third-order valence-corrected chi connectivity index (χ3v) is 3.41. The SMILES string of the molecule is COCC(NCCC(=O)NC(C)C)C1(C)CC1. The van der Waals surface area contributed by atoms with Crippen LogP contribution >= 0.6 is 0 Å². The summed E-state index contributed by atoms with van der Waals surface area (Å²) in [7, 11) is 1.73. The second-order valence-corrected chi connectivity index (χ2v) is 5.59. The molecule has 0 spiro atoms. The summed E-state index contributed by atoms with van der Waals surface area (Å²) in [5.74, 6) is 0.115. The Morgan fingerprint density at radius 1 is 1.41 bits per heavy atom. The maximum absolute atomic E-state index is 11.5. The van der Waals surface area contributed by atoms with Crippen LogP contribution in [0, 0.1) is 5.41 Å². The first-order chi connectivity index (χ1) is 7.98. The number of carbonyl (C=O) groups excluding carboxylic acids is 1. The molecule has 4 nitrogen and oxygen atoms in total. The first kappa shape index (κ1) is 14.5. The third kappa shape index (κ3) is 5.04. The van der Waals surface area contributed by atoms with E-state index in [1.807, 2.05) is 13.8 Å². The lowest BCUT2D eigenvalue weighted by molar-refractivity contribution is -0.121. The summed E-state index contributed by atoms with van der Waals surface area (Å²) in [5.41, 5.74) is 0.379. The third-order valence-electron chi connectivity index (χ3n) is 3.41. The Balaban J connectivity index is 2.21. The van der Waals surface area contributed by atoms with Crippen LogP contribution in [0.1, 0.15) is 40.0 Å². The van der Waals surface area contributed by atoms with E-state index < -0.39 is 0 Å². The van der Waals surface area contributed by atoms with Crippen LogP contribution in [-0.4, -0.2) is 38.3 Å². The molecule has 1 fully saturated rings. The Bertz CT molecular complexity index is 250. The number of hydrogen-bond donors (Lipinski definition) is 2. The van der Waals surface area contributed by atoms with Gasteiger partial charge in [0.25, 0.3) is 0 Å². The molecule has 1 atom stereocenters. The molecule has 0 saturated heterocycles. The fourth-order valence-electron chi connectivity index (χ4n) is 1.97. The topological polar surface area (TPSA) is 50.4 Å². The van der Waals surface area contributed by atoms with Gasteiger partial charge in [0.1, 0.15) is 0 Å². The van der Waals surface area contributed by atoms with Gasteiger partial charge in [-0.2, -0.15) is 0 Å². The Morgan fingerprint density at radius 2 is 2.06 bits per heavy atom. The predicted octanol–water partition coefficient (Wildman–Crippen LogP) is 1.31. The number of methoxy groups -OCH3 is 1. The number of carbonyl (C=O) groups is 1. The van der Waals surface area contributed by atoms with Gasteiger partial charge in [0.2, 0.25) is 5.91 Å². The molecule has 1 aliphatic rings. The van der Waals surface area contributed by atoms with Crippen LogP contribution in [0.25, 0.3) is 0 Å². The maximum atomic E-state index is 11.5. The average Bonchev–Trinajstić information content (AvgIpc) is 2.95. The van der Waals surface area contributed by atoms with Crippen molar-refractivity contribution in [3.63, 3.8) is 0 Å². The van der Waals surface area contributed by atoms with Gasteiger partial charge in [0.15, 0.2) is 0 Å². The van der Waals surface area contributed by atoms with E-state index in [1.54, 1.807) is 7.11 Å². The minimum absolute atomic E-state index is 0.115. The smallest absolute Gasteiger partial charge is 0.221 e. The van der Waals surface area contributed by atoms with Crippen molar-refractivity contribution >= 4 is 5.91 Å². The minimum Gasteiger partial charge on any atom is -0.383 e. The Labute approximate surface area is 104 Å². The Hall–Kier alpha value is -0.610. The highest BCUT2D eigenvalue weighted by Crippen LogP contribution is 2.48. The van der Waals surface area contributed by atoms with Gasteiger partial charge in [-0.1, -0.05) is 6.92 Å². The summed E-state index contributed by atoms with van der Waals surface area (Å²) in [6, 6.07) is 0.595. The van der Waals surface area contributed by atoms with E-state index in [0.29, 0.717) is 17.9 Å². The fraction of sp³-hybridized carbons (Fsp3) is 0.923. The summed E-state index contributed by atoms with van der Waals surface area (Å²) in [6.07, 6.45) is 3.05. The second-order valence-electron chi connectivity index (χ2n) is 5.59. The number of hydrogen-bond acceptors (Lipinski definition) is 3. The molecule has 0 aromatic heterocycles. The molecule has 1 saturated carbocycles. The molecular formula is C13H26N2O2. The molecule has 0 bridgehead atoms. The molecule has 1 aliphatic carbocycles. The summed E-state index contributed by atoms with van der Waals surface area (Å²) >= 11 is 0. The van der Waals surface area contributed by atoms with Crippen LogP contribution in [0.3, 0.4) is 0 Å². The fourth-order valence-corrected chi connectivity index (χ4v) is 1.97. The largest absolute Gasteiger partial charge is 0.383 e. The number of rotatable bonds is 8. The van der Waals surface area contributed by atoms with E-state index >= 15 is 0 Å². The summed E-state index contributed by atoms with van der Waals surface area (Å²) in [6.45, 7) is 7.68. The van der Waals surface area contributed by atoms with Crippen molar-refractivity contribution < 1.29 is 9.53 Å². The van der Waals surface area contributed by atoms with Gasteiger partial charge in [-0.3, -0.25) is 4.79 Å². The van der Waals surface area contributed by atoms with Gasteiger partial charge < -0.3 is 15.4 Å². The first-order valence-electron chi connectivity index (χ1n) is 6.49. The number of amides is 1. The molecule has 0 aromatic rings. The lowest BCUT2D eigenvalue weighted by Gasteiger charge is -2.24. The highest BCUT2D eigenvalue weighted by atomic mass is 16.5. The molecule has 0 radical (unpaired) electrons. The molecule has 100 valence electrons. The normalized spacial score (nSPS) is 19.1. The van der Waals surface area contributed by atoms with Crippen LogP contribution in [-0.2, 0) is 9.53 Å².